The van der Waals surface area contributed by atoms with Gasteiger partial charge in [0.25, 0.3) is 5.91 Å². The number of aryl methyl sites for hydroxylation is 1. The quantitative estimate of drug-likeness (QED) is 0.758. The van der Waals surface area contributed by atoms with E-state index < -0.39 is 0 Å². The molecule has 0 spiro atoms. The Balaban J connectivity index is 1.48. The fourth-order valence-electron chi connectivity index (χ4n) is 3.40. The fraction of sp³-hybridized carbons (Fsp3) is 0.286. The van der Waals surface area contributed by atoms with Gasteiger partial charge in [0.1, 0.15) is 0 Å². The van der Waals surface area contributed by atoms with Gasteiger partial charge in [-0.15, -0.1) is 5.10 Å². The lowest BCUT2D eigenvalue weighted by Crippen LogP contribution is -2.44. The third-order valence-electron chi connectivity index (χ3n) is 5.00. The Morgan fingerprint density at radius 3 is 2.43 bits per heavy atom. The zero-order valence-corrected chi connectivity index (χ0v) is 16.2. The molecule has 1 aliphatic rings. The molecule has 7 heteroatoms. The second-order valence-corrected chi connectivity index (χ2v) is 7.20. The van der Waals surface area contributed by atoms with Crippen LogP contribution < -0.4 is 10.2 Å². The fourth-order valence-corrected chi connectivity index (χ4v) is 3.40. The number of nitrogens with zero attached hydrogens (tertiary/aromatic N) is 5. The SMILES string of the molecule is Cc1cc(NC(=O)c2ccc(-n3ccnn3)cc2)cc(N2CCN(C)CC2)c1. The lowest BCUT2D eigenvalue weighted by Gasteiger charge is -2.34. The van der Waals surface area contributed by atoms with Crippen molar-refractivity contribution in [3.8, 4) is 5.69 Å². The zero-order valence-electron chi connectivity index (χ0n) is 16.2. The number of anilines is 2. The molecule has 0 aliphatic carbocycles. The maximum absolute atomic E-state index is 12.7. The van der Waals surface area contributed by atoms with Gasteiger partial charge < -0.3 is 15.1 Å². The third kappa shape index (κ3) is 4.04. The van der Waals surface area contributed by atoms with Crippen molar-refractivity contribution in [3.63, 3.8) is 0 Å². The van der Waals surface area contributed by atoms with Crippen LogP contribution in [0.25, 0.3) is 5.69 Å². The van der Waals surface area contributed by atoms with Crippen LogP contribution >= 0.6 is 0 Å². The van der Waals surface area contributed by atoms with Crippen molar-refractivity contribution in [2.24, 2.45) is 0 Å². The van der Waals surface area contributed by atoms with E-state index in [1.807, 2.05) is 18.2 Å². The summed E-state index contributed by atoms with van der Waals surface area (Å²) in [5, 5.41) is 10.8. The van der Waals surface area contributed by atoms with Crippen molar-refractivity contribution in [2.45, 2.75) is 6.92 Å². The number of carbonyl (C=O) groups is 1. The number of hydrogen-bond donors (Lipinski definition) is 1. The van der Waals surface area contributed by atoms with Crippen molar-refractivity contribution in [1.82, 2.24) is 19.9 Å². The molecule has 2 aromatic carbocycles. The molecule has 144 valence electrons. The first-order valence-electron chi connectivity index (χ1n) is 9.42. The van der Waals surface area contributed by atoms with Gasteiger partial charge in [-0.3, -0.25) is 4.79 Å². The highest BCUT2D eigenvalue weighted by Gasteiger charge is 2.15. The highest BCUT2D eigenvalue weighted by molar-refractivity contribution is 6.04. The molecule has 1 N–H and O–H groups in total. The number of carbonyl (C=O) groups excluding carboxylic acids is 1. The third-order valence-corrected chi connectivity index (χ3v) is 5.00. The molecular weight excluding hydrogens is 352 g/mol. The molecule has 1 aromatic heterocycles. The summed E-state index contributed by atoms with van der Waals surface area (Å²) < 4.78 is 1.66. The normalized spacial score (nSPS) is 14.9. The minimum Gasteiger partial charge on any atom is -0.369 e. The van der Waals surface area contributed by atoms with E-state index in [0.29, 0.717) is 5.56 Å². The molecular formula is C21H24N6O. The summed E-state index contributed by atoms with van der Waals surface area (Å²) in [5.41, 5.74) is 4.57. The first kappa shape index (κ1) is 18.2. The van der Waals surface area contributed by atoms with Gasteiger partial charge in [0.2, 0.25) is 0 Å². The van der Waals surface area contributed by atoms with Crippen LogP contribution in [0.5, 0.6) is 0 Å². The van der Waals surface area contributed by atoms with Crippen molar-refractivity contribution in [1.29, 1.82) is 0 Å². The Hall–Kier alpha value is -3.19. The molecule has 1 fully saturated rings. The van der Waals surface area contributed by atoms with Crippen LogP contribution in [-0.2, 0) is 0 Å². The van der Waals surface area contributed by atoms with E-state index in [1.165, 1.54) is 0 Å². The Morgan fingerprint density at radius 1 is 1.00 bits per heavy atom. The van der Waals surface area contributed by atoms with Gasteiger partial charge in [-0.25, -0.2) is 4.68 Å². The topological polar surface area (TPSA) is 66.3 Å². The van der Waals surface area contributed by atoms with Crippen LogP contribution in [0.2, 0.25) is 0 Å². The van der Waals surface area contributed by atoms with Crippen molar-refractivity contribution >= 4 is 17.3 Å². The highest BCUT2D eigenvalue weighted by atomic mass is 16.1. The molecule has 0 atom stereocenters. The maximum atomic E-state index is 12.7. The number of rotatable bonds is 4. The smallest absolute Gasteiger partial charge is 0.255 e. The van der Waals surface area contributed by atoms with Gasteiger partial charge in [-0.05, 0) is 62.0 Å². The molecule has 0 saturated carbocycles. The number of aromatic nitrogens is 3. The van der Waals surface area contributed by atoms with E-state index in [4.69, 9.17) is 0 Å². The van der Waals surface area contributed by atoms with Crippen LogP contribution in [0.4, 0.5) is 11.4 Å². The number of piperazine rings is 1. The molecule has 1 aliphatic heterocycles. The molecule has 3 aromatic rings. The van der Waals surface area contributed by atoms with Gasteiger partial charge in [-0.1, -0.05) is 5.21 Å². The lowest BCUT2D eigenvalue weighted by molar-refractivity contribution is 0.102. The summed E-state index contributed by atoms with van der Waals surface area (Å²) in [6.07, 6.45) is 3.39. The van der Waals surface area contributed by atoms with Gasteiger partial charge >= 0.3 is 0 Å². The van der Waals surface area contributed by atoms with Crippen molar-refractivity contribution in [2.75, 3.05) is 43.4 Å². The number of likely N-dealkylation sites (N-methyl/N-ethyl adjacent to an activating group) is 1. The van der Waals surface area contributed by atoms with Crippen LogP contribution in [0.15, 0.2) is 54.9 Å². The molecule has 0 radical (unpaired) electrons. The second-order valence-electron chi connectivity index (χ2n) is 7.20. The first-order valence-corrected chi connectivity index (χ1v) is 9.42. The van der Waals surface area contributed by atoms with Crippen molar-refractivity contribution < 1.29 is 4.79 Å². The lowest BCUT2D eigenvalue weighted by atomic mass is 10.1. The van der Waals surface area contributed by atoms with E-state index in [9.17, 15) is 4.79 Å². The summed E-state index contributed by atoms with van der Waals surface area (Å²) in [6.45, 7) is 6.15. The molecule has 4 rings (SSSR count). The predicted octanol–water partition coefficient (Wildman–Crippen LogP) is 2.58. The van der Waals surface area contributed by atoms with Gasteiger partial charge in [0.15, 0.2) is 0 Å². The maximum Gasteiger partial charge on any atom is 0.255 e. The molecule has 1 saturated heterocycles. The first-order chi connectivity index (χ1) is 13.6. The number of benzene rings is 2. The van der Waals surface area contributed by atoms with Gasteiger partial charge in [-0.2, -0.15) is 0 Å². The van der Waals surface area contributed by atoms with Gasteiger partial charge in [0.05, 0.1) is 18.1 Å². The molecule has 7 nitrogen and oxygen atoms in total. The number of nitrogens with one attached hydrogen (secondary N) is 1. The van der Waals surface area contributed by atoms with E-state index in [1.54, 1.807) is 29.2 Å². The Kier molecular flexibility index (Phi) is 5.08. The monoisotopic (exact) mass is 376 g/mol. The van der Waals surface area contributed by atoms with Crippen molar-refractivity contribution in [3.05, 3.63) is 66.0 Å². The van der Waals surface area contributed by atoms with Crippen LogP contribution in [0, 0.1) is 6.92 Å². The molecule has 0 unspecified atom stereocenters. The second kappa shape index (κ2) is 7.82. The standard InChI is InChI=1S/C21H24N6O/c1-16-13-18(15-20(14-16)26-11-9-25(2)10-12-26)23-21(28)17-3-5-19(6-4-17)27-8-7-22-24-27/h3-8,13-15H,9-12H2,1-2H3,(H,23,28). The van der Waals surface area contributed by atoms with Crippen LogP contribution in [-0.4, -0.2) is 59.0 Å². The summed E-state index contributed by atoms with van der Waals surface area (Å²) in [7, 11) is 2.15. The summed E-state index contributed by atoms with van der Waals surface area (Å²) in [4.78, 5) is 17.4. The predicted molar refractivity (Wildman–Crippen MR) is 110 cm³/mol. The Labute approximate surface area is 164 Å². The van der Waals surface area contributed by atoms with Crippen LogP contribution in [0.1, 0.15) is 15.9 Å². The van der Waals surface area contributed by atoms with E-state index in [0.717, 1.165) is 48.8 Å². The van der Waals surface area contributed by atoms with Gasteiger partial charge in [0, 0.05) is 43.1 Å². The molecule has 0 bridgehead atoms. The van der Waals surface area contributed by atoms with Crippen LogP contribution in [0.3, 0.4) is 0 Å². The average Bonchev–Trinajstić information content (AvgIpc) is 3.23. The molecule has 1 amide bonds. The van der Waals surface area contributed by atoms with E-state index in [-0.39, 0.29) is 5.91 Å². The summed E-state index contributed by atoms with van der Waals surface area (Å²) in [5.74, 6) is -0.125. The Morgan fingerprint density at radius 2 is 1.75 bits per heavy atom. The number of hydrogen-bond acceptors (Lipinski definition) is 5. The zero-order chi connectivity index (χ0) is 19.5. The molecule has 28 heavy (non-hydrogen) atoms. The minimum atomic E-state index is -0.125. The minimum absolute atomic E-state index is 0.125. The average molecular weight is 376 g/mol. The van der Waals surface area contributed by atoms with E-state index in [2.05, 4.69) is 51.5 Å². The van der Waals surface area contributed by atoms with E-state index >= 15 is 0 Å². The summed E-state index contributed by atoms with van der Waals surface area (Å²) in [6, 6.07) is 13.5. The summed E-state index contributed by atoms with van der Waals surface area (Å²) >= 11 is 0. The Bertz CT molecular complexity index is 944. The highest BCUT2D eigenvalue weighted by Crippen LogP contribution is 2.24. The number of amides is 1. The molecule has 2 heterocycles. The largest absolute Gasteiger partial charge is 0.369 e.